The highest BCUT2D eigenvalue weighted by atomic mass is 16.1. The molecule has 0 spiro atoms. The van der Waals surface area contributed by atoms with Gasteiger partial charge in [-0.1, -0.05) is 24.3 Å². The van der Waals surface area contributed by atoms with E-state index in [9.17, 15) is 4.79 Å². The summed E-state index contributed by atoms with van der Waals surface area (Å²) in [7, 11) is 2.17. The Balaban J connectivity index is 1.95. The largest absolute Gasteiger partial charge is 0.300 e. The van der Waals surface area contributed by atoms with Gasteiger partial charge in [0.1, 0.15) is 5.78 Å². The summed E-state index contributed by atoms with van der Waals surface area (Å²) in [5.41, 5.74) is 2.75. The minimum atomic E-state index is 0.436. The Kier molecular flexibility index (Phi) is 3.95. The van der Waals surface area contributed by atoms with Gasteiger partial charge in [0.25, 0.3) is 0 Å². The molecule has 1 fully saturated rings. The van der Waals surface area contributed by atoms with E-state index in [1.165, 1.54) is 11.1 Å². The molecule has 0 N–H and O–H groups in total. The third kappa shape index (κ3) is 3.16. The van der Waals surface area contributed by atoms with Crippen LogP contribution in [0.25, 0.3) is 0 Å². The molecule has 92 valence electrons. The number of hydrogen-bond donors (Lipinski definition) is 0. The van der Waals surface area contributed by atoms with Gasteiger partial charge in [-0.05, 0) is 37.9 Å². The number of carbonyl (C=O) groups is 1. The fourth-order valence-corrected chi connectivity index (χ4v) is 2.55. The van der Waals surface area contributed by atoms with Crippen molar-refractivity contribution in [2.45, 2.75) is 45.2 Å². The highest BCUT2D eigenvalue weighted by Gasteiger charge is 2.22. The van der Waals surface area contributed by atoms with Gasteiger partial charge < -0.3 is 0 Å². The predicted molar refractivity (Wildman–Crippen MR) is 69.9 cm³/mol. The summed E-state index contributed by atoms with van der Waals surface area (Å²) in [5.74, 6) is 0.436. The van der Waals surface area contributed by atoms with Crippen molar-refractivity contribution in [2.75, 3.05) is 7.05 Å². The van der Waals surface area contributed by atoms with Gasteiger partial charge in [0, 0.05) is 25.4 Å². The molecule has 1 saturated carbocycles. The minimum Gasteiger partial charge on any atom is -0.300 e. The fraction of sp³-hybridized carbons (Fsp3) is 0.533. The normalized spacial score (nSPS) is 17.7. The summed E-state index contributed by atoms with van der Waals surface area (Å²) in [5, 5.41) is 0. The van der Waals surface area contributed by atoms with E-state index in [1.54, 1.807) is 0 Å². The second-order valence-electron chi connectivity index (χ2n) is 5.11. The number of aryl methyl sites for hydroxylation is 1. The lowest BCUT2D eigenvalue weighted by Gasteiger charge is -2.31. The Bertz CT molecular complexity index is 390. The van der Waals surface area contributed by atoms with Gasteiger partial charge in [0.05, 0.1) is 0 Å². The molecule has 0 saturated heterocycles. The van der Waals surface area contributed by atoms with Crippen molar-refractivity contribution < 1.29 is 4.79 Å². The lowest BCUT2D eigenvalue weighted by Crippen LogP contribution is -2.34. The van der Waals surface area contributed by atoms with E-state index in [-0.39, 0.29) is 0 Å². The zero-order chi connectivity index (χ0) is 12.3. The summed E-state index contributed by atoms with van der Waals surface area (Å²) >= 11 is 0. The molecule has 0 bridgehead atoms. The standard InChI is InChI=1S/C15H21NO/c1-12-5-3-4-6-13(12)11-16(2)14-7-9-15(17)10-8-14/h3-6,14H,7-11H2,1-2H3. The molecule has 0 atom stereocenters. The quantitative estimate of drug-likeness (QED) is 0.797. The van der Waals surface area contributed by atoms with Crippen molar-refractivity contribution in [1.29, 1.82) is 0 Å². The maximum atomic E-state index is 11.2. The summed E-state index contributed by atoms with van der Waals surface area (Å²) in [6.07, 6.45) is 3.59. The van der Waals surface area contributed by atoms with Crippen LogP contribution in [0.4, 0.5) is 0 Å². The van der Waals surface area contributed by atoms with Crippen molar-refractivity contribution in [3.05, 3.63) is 35.4 Å². The molecule has 0 aliphatic heterocycles. The van der Waals surface area contributed by atoms with E-state index >= 15 is 0 Å². The van der Waals surface area contributed by atoms with Gasteiger partial charge in [-0.25, -0.2) is 0 Å². The number of nitrogens with zero attached hydrogens (tertiary/aromatic N) is 1. The minimum absolute atomic E-state index is 0.436. The highest BCUT2D eigenvalue weighted by Crippen LogP contribution is 2.21. The molecule has 1 aromatic carbocycles. The van der Waals surface area contributed by atoms with Crippen LogP contribution < -0.4 is 0 Å². The average molecular weight is 231 g/mol. The zero-order valence-corrected chi connectivity index (χ0v) is 10.8. The highest BCUT2D eigenvalue weighted by molar-refractivity contribution is 5.79. The Labute approximate surface area is 104 Å². The van der Waals surface area contributed by atoms with Gasteiger partial charge in [-0.2, -0.15) is 0 Å². The maximum absolute atomic E-state index is 11.2. The summed E-state index contributed by atoms with van der Waals surface area (Å²) < 4.78 is 0. The maximum Gasteiger partial charge on any atom is 0.133 e. The second kappa shape index (κ2) is 5.46. The van der Waals surface area contributed by atoms with E-state index < -0.39 is 0 Å². The molecule has 2 rings (SSSR count). The Morgan fingerprint density at radius 1 is 1.24 bits per heavy atom. The molecule has 0 heterocycles. The number of ketones is 1. The molecule has 1 aliphatic rings. The Morgan fingerprint density at radius 3 is 2.53 bits per heavy atom. The second-order valence-corrected chi connectivity index (χ2v) is 5.11. The molecule has 2 heteroatoms. The average Bonchev–Trinajstić information content (AvgIpc) is 2.33. The summed E-state index contributed by atoms with van der Waals surface area (Å²) in [6.45, 7) is 3.15. The molecule has 0 amide bonds. The molecule has 0 radical (unpaired) electrons. The molecule has 1 aromatic rings. The van der Waals surface area contributed by atoms with Crippen LogP contribution in [-0.4, -0.2) is 23.8 Å². The van der Waals surface area contributed by atoms with Crippen molar-refractivity contribution in [3.8, 4) is 0 Å². The Hall–Kier alpha value is -1.15. The van der Waals surface area contributed by atoms with Crippen LogP contribution in [0.3, 0.4) is 0 Å². The topological polar surface area (TPSA) is 20.3 Å². The van der Waals surface area contributed by atoms with Crippen molar-refractivity contribution in [3.63, 3.8) is 0 Å². The molecule has 0 aromatic heterocycles. The van der Waals surface area contributed by atoms with Crippen molar-refractivity contribution in [2.24, 2.45) is 0 Å². The van der Waals surface area contributed by atoms with E-state index in [4.69, 9.17) is 0 Å². The first-order valence-electron chi connectivity index (χ1n) is 6.43. The van der Waals surface area contributed by atoms with Crippen LogP contribution in [0, 0.1) is 6.92 Å². The molecule has 2 nitrogen and oxygen atoms in total. The van der Waals surface area contributed by atoms with Gasteiger partial charge >= 0.3 is 0 Å². The van der Waals surface area contributed by atoms with E-state index in [0.717, 1.165) is 32.2 Å². The monoisotopic (exact) mass is 231 g/mol. The molecular weight excluding hydrogens is 210 g/mol. The van der Waals surface area contributed by atoms with Crippen molar-refractivity contribution in [1.82, 2.24) is 4.90 Å². The number of Topliss-reactive ketones (excluding diaryl/α,β-unsaturated/α-hetero) is 1. The first-order valence-corrected chi connectivity index (χ1v) is 6.43. The lowest BCUT2D eigenvalue weighted by molar-refractivity contribution is -0.121. The third-order valence-electron chi connectivity index (χ3n) is 3.82. The van der Waals surface area contributed by atoms with Crippen LogP contribution in [0.15, 0.2) is 24.3 Å². The zero-order valence-electron chi connectivity index (χ0n) is 10.8. The molecule has 1 aliphatic carbocycles. The van der Waals surface area contributed by atoms with Crippen LogP contribution >= 0.6 is 0 Å². The fourth-order valence-electron chi connectivity index (χ4n) is 2.55. The van der Waals surface area contributed by atoms with Gasteiger partial charge in [-0.3, -0.25) is 9.69 Å². The lowest BCUT2D eigenvalue weighted by atomic mass is 9.93. The number of rotatable bonds is 3. The molecule has 17 heavy (non-hydrogen) atoms. The van der Waals surface area contributed by atoms with E-state index in [0.29, 0.717) is 11.8 Å². The van der Waals surface area contributed by atoms with E-state index in [1.807, 2.05) is 0 Å². The van der Waals surface area contributed by atoms with Crippen LogP contribution in [0.5, 0.6) is 0 Å². The third-order valence-corrected chi connectivity index (χ3v) is 3.82. The number of hydrogen-bond acceptors (Lipinski definition) is 2. The summed E-state index contributed by atoms with van der Waals surface area (Å²) in [6, 6.07) is 9.11. The molecule has 0 unspecified atom stereocenters. The van der Waals surface area contributed by atoms with Gasteiger partial charge in [-0.15, -0.1) is 0 Å². The van der Waals surface area contributed by atoms with E-state index in [2.05, 4.69) is 43.1 Å². The SMILES string of the molecule is Cc1ccccc1CN(C)C1CCC(=O)CC1. The summed E-state index contributed by atoms with van der Waals surface area (Å²) in [4.78, 5) is 13.6. The van der Waals surface area contributed by atoms with Gasteiger partial charge in [0.15, 0.2) is 0 Å². The number of carbonyl (C=O) groups excluding carboxylic acids is 1. The number of benzene rings is 1. The Morgan fingerprint density at radius 2 is 1.88 bits per heavy atom. The first kappa shape index (κ1) is 12.3. The first-order chi connectivity index (χ1) is 8.16. The van der Waals surface area contributed by atoms with Crippen LogP contribution in [-0.2, 0) is 11.3 Å². The van der Waals surface area contributed by atoms with Crippen LogP contribution in [0.2, 0.25) is 0 Å². The predicted octanol–water partition coefficient (Wildman–Crippen LogP) is 2.94. The smallest absolute Gasteiger partial charge is 0.133 e. The molecular formula is C15H21NO. The van der Waals surface area contributed by atoms with Gasteiger partial charge in [0.2, 0.25) is 0 Å². The van der Waals surface area contributed by atoms with Crippen LogP contribution in [0.1, 0.15) is 36.8 Å². The van der Waals surface area contributed by atoms with Crippen molar-refractivity contribution >= 4 is 5.78 Å².